The van der Waals surface area contributed by atoms with Crippen molar-refractivity contribution < 1.29 is 24.1 Å². The molecule has 1 N–H and O–H groups in total. The van der Waals surface area contributed by atoms with Gasteiger partial charge in [0.2, 0.25) is 6.29 Å². The van der Waals surface area contributed by atoms with Crippen LogP contribution in [0.25, 0.3) is 0 Å². The number of methoxy groups -OCH3 is 2. The maximum atomic E-state index is 9.65. The minimum absolute atomic E-state index is 0.0528. The Labute approximate surface area is 128 Å². The lowest BCUT2D eigenvalue weighted by Crippen LogP contribution is -2.34. The van der Waals surface area contributed by atoms with Crippen molar-refractivity contribution in [1.29, 1.82) is 0 Å². The Bertz CT molecular complexity index is 727. The molecule has 2 aliphatic rings. The molecule has 22 heavy (non-hydrogen) atoms. The standard InChI is InChI=1S/C17H16O5/c1-19-10-4-6-11-14(8-10)21-16-12-5-3-9(18)7-13(12)22-17(20-2)15(11)16/h3-8,15-18H,1-2H3/t15-,16+,17-/m0/s1. The Morgan fingerprint density at radius 1 is 0.955 bits per heavy atom. The molecule has 0 saturated carbocycles. The fourth-order valence-electron chi connectivity index (χ4n) is 3.19. The molecule has 0 bridgehead atoms. The second-order valence-electron chi connectivity index (χ2n) is 5.41. The van der Waals surface area contributed by atoms with E-state index < -0.39 is 6.29 Å². The molecule has 2 heterocycles. The van der Waals surface area contributed by atoms with Gasteiger partial charge in [-0.2, -0.15) is 0 Å². The summed E-state index contributed by atoms with van der Waals surface area (Å²) in [7, 11) is 3.24. The zero-order chi connectivity index (χ0) is 15.3. The summed E-state index contributed by atoms with van der Waals surface area (Å²) in [5.41, 5.74) is 1.95. The van der Waals surface area contributed by atoms with Gasteiger partial charge in [-0.25, -0.2) is 0 Å². The molecule has 2 aromatic carbocycles. The van der Waals surface area contributed by atoms with E-state index in [1.807, 2.05) is 24.3 Å². The molecule has 0 saturated heterocycles. The average molecular weight is 300 g/mol. The minimum Gasteiger partial charge on any atom is -0.508 e. The fourth-order valence-corrected chi connectivity index (χ4v) is 3.19. The molecule has 0 aliphatic carbocycles. The lowest BCUT2D eigenvalue weighted by Gasteiger charge is -2.33. The van der Waals surface area contributed by atoms with Crippen molar-refractivity contribution in [3.05, 3.63) is 47.5 Å². The second-order valence-corrected chi connectivity index (χ2v) is 5.41. The maximum Gasteiger partial charge on any atom is 0.210 e. The number of hydrogen-bond donors (Lipinski definition) is 1. The van der Waals surface area contributed by atoms with E-state index in [4.69, 9.17) is 18.9 Å². The quantitative estimate of drug-likeness (QED) is 0.924. The van der Waals surface area contributed by atoms with Crippen LogP contribution in [-0.4, -0.2) is 25.6 Å². The van der Waals surface area contributed by atoms with Gasteiger partial charge in [0.15, 0.2) is 0 Å². The fraction of sp³-hybridized carbons (Fsp3) is 0.294. The Morgan fingerprint density at radius 2 is 1.73 bits per heavy atom. The molecule has 0 aromatic heterocycles. The highest BCUT2D eigenvalue weighted by molar-refractivity contribution is 5.52. The van der Waals surface area contributed by atoms with E-state index in [9.17, 15) is 5.11 Å². The summed E-state index contributed by atoms with van der Waals surface area (Å²) < 4.78 is 22.8. The van der Waals surface area contributed by atoms with Crippen molar-refractivity contribution in [2.24, 2.45) is 0 Å². The molecule has 4 rings (SSSR count). The predicted octanol–water partition coefficient (Wildman–Crippen LogP) is 2.98. The highest BCUT2D eigenvalue weighted by atomic mass is 16.7. The first-order valence-electron chi connectivity index (χ1n) is 7.08. The molecule has 0 spiro atoms. The van der Waals surface area contributed by atoms with E-state index in [0.717, 1.165) is 22.6 Å². The van der Waals surface area contributed by atoms with Crippen molar-refractivity contribution in [3.63, 3.8) is 0 Å². The van der Waals surface area contributed by atoms with Gasteiger partial charge >= 0.3 is 0 Å². The third-order valence-corrected chi connectivity index (χ3v) is 4.23. The number of hydrogen-bond acceptors (Lipinski definition) is 5. The van der Waals surface area contributed by atoms with Crippen LogP contribution in [0.5, 0.6) is 23.0 Å². The molecule has 2 aromatic rings. The molecule has 5 heteroatoms. The van der Waals surface area contributed by atoms with Crippen LogP contribution >= 0.6 is 0 Å². The number of phenolic OH excluding ortho intramolecular Hbond substituents is 1. The SMILES string of the molecule is COc1ccc2c(c1)O[C@@H]1c3ccc(O)cc3O[C@H](OC)[C@@H]21. The number of phenols is 1. The summed E-state index contributed by atoms with van der Waals surface area (Å²) in [6.45, 7) is 0. The summed E-state index contributed by atoms with van der Waals surface area (Å²) in [5, 5.41) is 9.65. The third-order valence-electron chi connectivity index (χ3n) is 4.23. The van der Waals surface area contributed by atoms with Crippen molar-refractivity contribution in [2.75, 3.05) is 14.2 Å². The Hall–Kier alpha value is -2.40. The van der Waals surface area contributed by atoms with Crippen LogP contribution in [0.4, 0.5) is 0 Å². The van der Waals surface area contributed by atoms with Gasteiger partial charge in [0.1, 0.15) is 29.1 Å². The van der Waals surface area contributed by atoms with E-state index in [1.165, 1.54) is 0 Å². The molecular weight excluding hydrogens is 284 g/mol. The Balaban J connectivity index is 1.83. The largest absolute Gasteiger partial charge is 0.508 e. The first kappa shape index (κ1) is 13.3. The number of benzene rings is 2. The van der Waals surface area contributed by atoms with E-state index in [-0.39, 0.29) is 17.8 Å². The zero-order valence-electron chi connectivity index (χ0n) is 12.3. The van der Waals surface area contributed by atoms with Gasteiger partial charge in [-0.1, -0.05) is 6.07 Å². The van der Waals surface area contributed by atoms with Crippen LogP contribution in [-0.2, 0) is 4.74 Å². The average Bonchev–Trinajstić information content (AvgIpc) is 2.92. The highest BCUT2D eigenvalue weighted by Crippen LogP contribution is 2.54. The van der Waals surface area contributed by atoms with Gasteiger partial charge in [0.25, 0.3) is 0 Å². The first-order chi connectivity index (χ1) is 10.7. The van der Waals surface area contributed by atoms with Crippen LogP contribution in [0.3, 0.4) is 0 Å². The van der Waals surface area contributed by atoms with Crippen molar-refractivity contribution >= 4 is 0 Å². The Morgan fingerprint density at radius 3 is 2.50 bits per heavy atom. The molecule has 114 valence electrons. The summed E-state index contributed by atoms with van der Waals surface area (Å²) in [5.74, 6) is 2.22. The molecule has 0 radical (unpaired) electrons. The predicted molar refractivity (Wildman–Crippen MR) is 78.6 cm³/mol. The number of aromatic hydroxyl groups is 1. The lowest BCUT2D eigenvalue weighted by molar-refractivity contribution is -0.0994. The van der Waals surface area contributed by atoms with Gasteiger partial charge in [-0.3, -0.25) is 0 Å². The Kier molecular flexibility index (Phi) is 2.90. The van der Waals surface area contributed by atoms with E-state index in [0.29, 0.717) is 5.75 Å². The van der Waals surface area contributed by atoms with E-state index >= 15 is 0 Å². The maximum absolute atomic E-state index is 9.65. The number of ether oxygens (including phenoxy) is 4. The van der Waals surface area contributed by atoms with Crippen molar-refractivity contribution in [2.45, 2.75) is 18.3 Å². The topological polar surface area (TPSA) is 57.2 Å². The van der Waals surface area contributed by atoms with Gasteiger partial charge < -0.3 is 24.1 Å². The van der Waals surface area contributed by atoms with Crippen molar-refractivity contribution in [1.82, 2.24) is 0 Å². The van der Waals surface area contributed by atoms with Crippen LogP contribution in [0, 0.1) is 0 Å². The van der Waals surface area contributed by atoms with Crippen LogP contribution < -0.4 is 14.2 Å². The second kappa shape index (κ2) is 4.81. The van der Waals surface area contributed by atoms with Crippen LogP contribution in [0.15, 0.2) is 36.4 Å². The third kappa shape index (κ3) is 1.82. The van der Waals surface area contributed by atoms with Crippen LogP contribution in [0.1, 0.15) is 23.1 Å². The number of fused-ring (bicyclic) bond motifs is 5. The van der Waals surface area contributed by atoms with Gasteiger partial charge in [0, 0.05) is 30.4 Å². The molecule has 0 unspecified atom stereocenters. The van der Waals surface area contributed by atoms with Gasteiger partial charge in [-0.05, 0) is 18.2 Å². The monoisotopic (exact) mass is 300 g/mol. The first-order valence-corrected chi connectivity index (χ1v) is 7.08. The smallest absolute Gasteiger partial charge is 0.210 e. The summed E-state index contributed by atoms with van der Waals surface area (Å²) in [4.78, 5) is 0. The highest BCUT2D eigenvalue weighted by Gasteiger charge is 2.47. The molecule has 0 amide bonds. The molecule has 0 fully saturated rings. The normalized spacial score (nSPS) is 24.5. The van der Waals surface area contributed by atoms with Gasteiger partial charge in [-0.15, -0.1) is 0 Å². The molecule has 2 aliphatic heterocycles. The lowest BCUT2D eigenvalue weighted by atomic mass is 9.88. The van der Waals surface area contributed by atoms with Crippen molar-refractivity contribution in [3.8, 4) is 23.0 Å². The van der Waals surface area contributed by atoms with Gasteiger partial charge in [0.05, 0.1) is 13.0 Å². The summed E-state index contributed by atoms with van der Waals surface area (Å²) >= 11 is 0. The van der Waals surface area contributed by atoms with Crippen LogP contribution in [0.2, 0.25) is 0 Å². The molecule has 3 atom stereocenters. The molecular formula is C17H16O5. The molecule has 5 nitrogen and oxygen atoms in total. The van der Waals surface area contributed by atoms with E-state index in [2.05, 4.69) is 0 Å². The summed E-state index contributed by atoms with van der Waals surface area (Å²) in [6.07, 6.45) is -0.662. The van der Waals surface area contributed by atoms with E-state index in [1.54, 1.807) is 26.4 Å². The zero-order valence-corrected chi connectivity index (χ0v) is 12.3. The summed E-state index contributed by atoms with van der Waals surface area (Å²) in [6, 6.07) is 10.8. The number of rotatable bonds is 2. The minimum atomic E-state index is -0.464.